The second kappa shape index (κ2) is 15.5. The molecule has 300 valence electrons. The van der Waals surface area contributed by atoms with Crippen molar-refractivity contribution in [3.8, 4) is 89.7 Å². The van der Waals surface area contributed by atoms with E-state index in [1.54, 1.807) is 0 Å². The Morgan fingerprint density at radius 2 is 0.875 bits per heavy atom. The van der Waals surface area contributed by atoms with Crippen molar-refractivity contribution >= 4 is 21.9 Å². The molecule has 0 fully saturated rings. The average molecular weight is 818 g/mol. The van der Waals surface area contributed by atoms with Crippen LogP contribution in [-0.4, -0.2) is 6.10 Å². The Morgan fingerprint density at radius 3 is 1.50 bits per heavy atom. The van der Waals surface area contributed by atoms with E-state index >= 15 is 0 Å². The van der Waals surface area contributed by atoms with Gasteiger partial charge in [-0.2, -0.15) is 5.26 Å². The van der Waals surface area contributed by atoms with Crippen LogP contribution in [0.5, 0.6) is 5.75 Å². The molecule has 1 aromatic heterocycles. The van der Waals surface area contributed by atoms with Crippen molar-refractivity contribution in [2.24, 2.45) is 0 Å². The van der Waals surface area contributed by atoms with Gasteiger partial charge in [0.2, 0.25) is 0 Å². The molecule has 2 aliphatic rings. The topological polar surface area (TPSA) is 46.2 Å². The first-order valence-electron chi connectivity index (χ1n) is 21.8. The maximum Gasteiger partial charge on any atom is 0.143 e. The van der Waals surface area contributed by atoms with E-state index in [4.69, 9.17) is 9.15 Å². The van der Waals surface area contributed by atoms with Crippen molar-refractivity contribution in [3.63, 3.8) is 0 Å². The number of allylic oxidation sites excluding steroid dienone is 2. The fraction of sp³-hybridized carbons (Fsp3) is 0.0328. The lowest BCUT2D eigenvalue weighted by Gasteiger charge is -2.15. The molecular weight excluding hydrogens is 779 g/mol. The molecule has 0 saturated carbocycles. The summed E-state index contributed by atoms with van der Waals surface area (Å²) in [6, 6.07) is 73.2. The third kappa shape index (κ3) is 6.61. The predicted molar refractivity (Wildman–Crippen MR) is 262 cm³/mol. The van der Waals surface area contributed by atoms with Gasteiger partial charge in [-0.3, -0.25) is 0 Å². The van der Waals surface area contributed by atoms with E-state index in [1.165, 1.54) is 22.3 Å². The van der Waals surface area contributed by atoms with Gasteiger partial charge in [0, 0.05) is 33.4 Å². The summed E-state index contributed by atoms with van der Waals surface area (Å²) in [7, 11) is 0. The third-order valence-electron chi connectivity index (χ3n) is 12.8. The Morgan fingerprint density at radius 1 is 0.391 bits per heavy atom. The van der Waals surface area contributed by atoms with Crippen LogP contribution in [-0.2, 0) is 0 Å². The van der Waals surface area contributed by atoms with Crippen molar-refractivity contribution in [2.75, 3.05) is 0 Å². The van der Waals surface area contributed by atoms with Gasteiger partial charge in [-0.1, -0.05) is 158 Å². The maximum absolute atomic E-state index is 9.57. The number of rotatable bonds is 7. The number of ether oxygens (including phenoxy) is 1. The number of benzene rings is 9. The second-order valence-electron chi connectivity index (χ2n) is 16.7. The number of nitrogens with zero attached hydrogens (tertiary/aromatic N) is 1. The summed E-state index contributed by atoms with van der Waals surface area (Å²) in [6.45, 7) is 0. The minimum absolute atomic E-state index is 0.00720. The largest absolute Gasteiger partial charge is 0.484 e. The van der Waals surface area contributed by atoms with Crippen molar-refractivity contribution < 1.29 is 9.15 Å². The minimum atomic E-state index is -0.00720. The van der Waals surface area contributed by atoms with Gasteiger partial charge in [-0.25, -0.2) is 0 Å². The van der Waals surface area contributed by atoms with Gasteiger partial charge in [0.1, 0.15) is 23.0 Å². The fourth-order valence-electron chi connectivity index (χ4n) is 9.55. The van der Waals surface area contributed by atoms with E-state index in [2.05, 4.69) is 194 Å². The molecule has 0 N–H and O–H groups in total. The Bertz CT molecular complexity index is 3500. The number of hydrogen-bond acceptors (Lipinski definition) is 3. The second-order valence-corrected chi connectivity index (χ2v) is 16.7. The zero-order valence-electron chi connectivity index (χ0n) is 34.8. The lowest BCUT2D eigenvalue weighted by Crippen LogP contribution is -2.15. The molecule has 0 bridgehead atoms. The first-order chi connectivity index (χ1) is 31.6. The molecule has 3 nitrogen and oxygen atoms in total. The highest BCUT2D eigenvalue weighted by Crippen LogP contribution is 2.49. The molecule has 0 spiro atoms. The average Bonchev–Trinajstić information content (AvgIpc) is 3.95. The number of fused-ring (bicyclic) bond motifs is 6. The van der Waals surface area contributed by atoms with E-state index in [0.717, 1.165) is 88.9 Å². The van der Waals surface area contributed by atoms with Crippen LogP contribution in [0.1, 0.15) is 17.0 Å². The highest BCUT2D eigenvalue weighted by molar-refractivity contribution is 6.11. The van der Waals surface area contributed by atoms with E-state index in [0.29, 0.717) is 5.56 Å². The van der Waals surface area contributed by atoms with Crippen LogP contribution < -0.4 is 4.74 Å². The molecule has 2 atom stereocenters. The Hall–Kier alpha value is -8.45. The Kier molecular flexibility index (Phi) is 9.02. The van der Waals surface area contributed by atoms with E-state index in [-0.39, 0.29) is 12.0 Å². The molecule has 9 aromatic carbocycles. The van der Waals surface area contributed by atoms with Crippen molar-refractivity contribution in [1.82, 2.24) is 0 Å². The summed E-state index contributed by atoms with van der Waals surface area (Å²) < 4.78 is 13.2. The number of hydrogen-bond donors (Lipinski definition) is 0. The van der Waals surface area contributed by atoms with Gasteiger partial charge in [0.05, 0.1) is 11.6 Å². The SMILES string of the molecule is N#Cc1ccc(-c2cc(-c3ccc(-c4cc(-c5ccccc5)cc5c4OC4C=CC=CC54)cc3)cc(-c3ccc(-c4cc(-c5ccccc5)cc5c4oc4ccccc45)cc3)c2)cc1. The summed E-state index contributed by atoms with van der Waals surface area (Å²) in [6.07, 6.45) is 8.62. The monoisotopic (exact) mass is 817 g/mol. The standard InChI is InChI=1S/C61H39NO2/c62-38-39-19-21-42(22-20-39)47-31-48(43-23-27-45(28-24-43)54-34-50(40-11-3-1-4-12-40)36-56-52-15-7-9-17-58(52)63-60(54)56)33-49(32-47)44-25-29-46(30-26-44)55-35-51(41-13-5-2-6-14-41)37-57-53-16-8-10-18-59(53)64-61(55)57/h1-37,52,58H. The van der Waals surface area contributed by atoms with Gasteiger partial charge in [0.25, 0.3) is 0 Å². The quantitative estimate of drug-likeness (QED) is 0.161. The highest BCUT2D eigenvalue weighted by Gasteiger charge is 2.34. The minimum Gasteiger partial charge on any atom is -0.484 e. The summed E-state index contributed by atoms with van der Waals surface area (Å²) >= 11 is 0. The van der Waals surface area contributed by atoms with Crippen LogP contribution in [0.2, 0.25) is 0 Å². The van der Waals surface area contributed by atoms with E-state index in [9.17, 15) is 5.26 Å². The number of para-hydroxylation sites is 1. The first kappa shape index (κ1) is 37.3. The molecule has 2 unspecified atom stereocenters. The Labute approximate surface area is 372 Å². The van der Waals surface area contributed by atoms with Crippen LogP contribution in [0.4, 0.5) is 0 Å². The van der Waals surface area contributed by atoms with Crippen LogP contribution in [0.15, 0.2) is 229 Å². The molecule has 0 radical (unpaired) electrons. The van der Waals surface area contributed by atoms with Gasteiger partial charge < -0.3 is 9.15 Å². The number of nitriles is 1. The highest BCUT2D eigenvalue weighted by atomic mass is 16.5. The molecule has 1 aliphatic carbocycles. The lowest BCUT2D eigenvalue weighted by atomic mass is 9.87. The maximum atomic E-state index is 9.57. The zero-order valence-corrected chi connectivity index (χ0v) is 34.8. The third-order valence-corrected chi connectivity index (χ3v) is 12.8. The van der Waals surface area contributed by atoms with Gasteiger partial charge in [-0.15, -0.1) is 0 Å². The molecule has 0 saturated heterocycles. The molecule has 2 heterocycles. The molecule has 12 rings (SSSR count). The summed E-state index contributed by atoms with van der Waals surface area (Å²) in [5.74, 6) is 1.14. The van der Waals surface area contributed by atoms with E-state index < -0.39 is 0 Å². The molecule has 0 amide bonds. The molecule has 64 heavy (non-hydrogen) atoms. The van der Waals surface area contributed by atoms with Gasteiger partial charge in [-0.05, 0) is 134 Å². The van der Waals surface area contributed by atoms with E-state index in [1.807, 2.05) is 36.4 Å². The molecular formula is C61H39NO2. The van der Waals surface area contributed by atoms with Gasteiger partial charge >= 0.3 is 0 Å². The Balaban J connectivity index is 0.945. The van der Waals surface area contributed by atoms with Crippen molar-refractivity contribution in [2.45, 2.75) is 12.0 Å². The normalized spacial score (nSPS) is 14.9. The summed E-state index contributed by atoms with van der Waals surface area (Å²) in [4.78, 5) is 0. The van der Waals surface area contributed by atoms with Gasteiger partial charge in [0.15, 0.2) is 0 Å². The summed E-state index contributed by atoms with van der Waals surface area (Å²) in [5, 5.41) is 11.8. The molecule has 10 aromatic rings. The molecule has 3 heteroatoms. The summed E-state index contributed by atoms with van der Waals surface area (Å²) in [5.41, 5.74) is 19.2. The number of furan rings is 1. The fourth-order valence-corrected chi connectivity index (χ4v) is 9.55. The van der Waals surface area contributed by atoms with Crippen LogP contribution in [0.3, 0.4) is 0 Å². The van der Waals surface area contributed by atoms with Crippen LogP contribution in [0.25, 0.3) is 99.8 Å². The zero-order chi connectivity index (χ0) is 42.6. The van der Waals surface area contributed by atoms with Crippen molar-refractivity contribution in [1.29, 1.82) is 5.26 Å². The molecule has 1 aliphatic heterocycles. The lowest BCUT2D eigenvalue weighted by molar-refractivity contribution is 0.270. The van der Waals surface area contributed by atoms with Crippen molar-refractivity contribution in [3.05, 3.63) is 236 Å². The van der Waals surface area contributed by atoms with Crippen LogP contribution >= 0.6 is 0 Å². The predicted octanol–water partition coefficient (Wildman–Crippen LogP) is 16.1. The smallest absolute Gasteiger partial charge is 0.143 e. The first-order valence-corrected chi connectivity index (χ1v) is 21.8. The van der Waals surface area contributed by atoms with Crippen LogP contribution in [0, 0.1) is 11.3 Å².